The zero-order valence-electron chi connectivity index (χ0n) is 11.3. The SMILES string of the molecule is O=C(NC[C@H]1CCOC1)c1cn(-c2ccc(Cl)cc2)nn1. The van der Waals surface area contributed by atoms with Gasteiger partial charge in [-0.2, -0.15) is 0 Å². The Morgan fingerprint density at radius 2 is 2.24 bits per heavy atom. The molecule has 1 aliphatic heterocycles. The van der Waals surface area contributed by atoms with E-state index >= 15 is 0 Å². The quantitative estimate of drug-likeness (QED) is 0.933. The van der Waals surface area contributed by atoms with Crippen LogP contribution < -0.4 is 5.32 Å². The molecule has 0 saturated carbocycles. The number of hydrogen-bond acceptors (Lipinski definition) is 4. The van der Waals surface area contributed by atoms with Crippen LogP contribution >= 0.6 is 11.6 Å². The summed E-state index contributed by atoms with van der Waals surface area (Å²) in [5.74, 6) is 0.169. The summed E-state index contributed by atoms with van der Waals surface area (Å²) in [7, 11) is 0. The Kier molecular flexibility index (Phi) is 4.17. The second kappa shape index (κ2) is 6.24. The summed E-state index contributed by atoms with van der Waals surface area (Å²) in [6, 6.07) is 7.15. The van der Waals surface area contributed by atoms with Gasteiger partial charge in [0.15, 0.2) is 5.69 Å². The number of halogens is 1. The lowest BCUT2D eigenvalue weighted by atomic mass is 10.1. The number of nitrogens with one attached hydrogen (secondary N) is 1. The van der Waals surface area contributed by atoms with Crippen LogP contribution in [-0.2, 0) is 4.74 Å². The first kappa shape index (κ1) is 14.0. The summed E-state index contributed by atoms with van der Waals surface area (Å²) in [6.45, 7) is 2.08. The predicted molar refractivity (Wildman–Crippen MR) is 77.6 cm³/mol. The van der Waals surface area contributed by atoms with Gasteiger partial charge in [0.2, 0.25) is 0 Å². The van der Waals surface area contributed by atoms with E-state index in [0.29, 0.717) is 29.8 Å². The molecular formula is C14H15ClN4O2. The number of aromatic nitrogens is 3. The molecule has 0 spiro atoms. The zero-order chi connectivity index (χ0) is 14.7. The predicted octanol–water partition coefficient (Wildman–Crippen LogP) is 1.69. The van der Waals surface area contributed by atoms with E-state index in [4.69, 9.17) is 16.3 Å². The molecule has 0 bridgehead atoms. The van der Waals surface area contributed by atoms with E-state index in [1.165, 1.54) is 0 Å². The molecule has 1 fully saturated rings. The van der Waals surface area contributed by atoms with Gasteiger partial charge in [0.25, 0.3) is 5.91 Å². The van der Waals surface area contributed by atoms with Crippen LogP contribution in [-0.4, -0.2) is 40.7 Å². The standard InChI is InChI=1S/C14H15ClN4O2/c15-11-1-3-12(4-2-11)19-8-13(17-18-19)14(20)16-7-10-5-6-21-9-10/h1-4,8,10H,5-7,9H2,(H,16,20)/t10-/m1/s1. The highest BCUT2D eigenvalue weighted by Crippen LogP contribution is 2.13. The first-order chi connectivity index (χ1) is 10.2. The highest BCUT2D eigenvalue weighted by atomic mass is 35.5. The van der Waals surface area contributed by atoms with Gasteiger partial charge < -0.3 is 10.1 Å². The number of ether oxygens (including phenoxy) is 1. The van der Waals surface area contributed by atoms with Crippen molar-refractivity contribution in [3.8, 4) is 5.69 Å². The van der Waals surface area contributed by atoms with Gasteiger partial charge in [0, 0.05) is 24.1 Å². The smallest absolute Gasteiger partial charge is 0.273 e. The van der Waals surface area contributed by atoms with E-state index in [2.05, 4.69) is 15.6 Å². The third-order valence-electron chi connectivity index (χ3n) is 3.39. The topological polar surface area (TPSA) is 69.0 Å². The monoisotopic (exact) mass is 306 g/mol. The number of carbonyl (C=O) groups excluding carboxylic acids is 1. The molecule has 1 N–H and O–H groups in total. The maximum absolute atomic E-state index is 12.0. The molecule has 1 aliphatic rings. The third kappa shape index (κ3) is 3.40. The van der Waals surface area contributed by atoms with Gasteiger partial charge in [0.05, 0.1) is 18.5 Å². The van der Waals surface area contributed by atoms with Gasteiger partial charge in [0.1, 0.15) is 0 Å². The van der Waals surface area contributed by atoms with Crippen LogP contribution in [0.15, 0.2) is 30.5 Å². The van der Waals surface area contributed by atoms with Gasteiger partial charge in [-0.3, -0.25) is 4.79 Å². The van der Waals surface area contributed by atoms with Crippen molar-refractivity contribution in [2.45, 2.75) is 6.42 Å². The maximum Gasteiger partial charge on any atom is 0.273 e. The molecular weight excluding hydrogens is 292 g/mol. The van der Waals surface area contributed by atoms with Crippen molar-refractivity contribution in [3.05, 3.63) is 41.2 Å². The molecule has 110 valence electrons. The molecule has 1 aromatic carbocycles. The number of hydrogen-bond donors (Lipinski definition) is 1. The van der Waals surface area contributed by atoms with Crippen LogP contribution in [0.3, 0.4) is 0 Å². The fraction of sp³-hybridized carbons (Fsp3) is 0.357. The Morgan fingerprint density at radius 1 is 1.43 bits per heavy atom. The number of amides is 1. The molecule has 0 aliphatic carbocycles. The van der Waals surface area contributed by atoms with Crippen LogP contribution in [0.1, 0.15) is 16.9 Å². The van der Waals surface area contributed by atoms with E-state index in [1.807, 2.05) is 12.1 Å². The molecule has 0 unspecified atom stereocenters. The number of rotatable bonds is 4. The number of benzene rings is 1. The lowest BCUT2D eigenvalue weighted by molar-refractivity contribution is 0.0940. The minimum absolute atomic E-state index is 0.220. The molecule has 7 heteroatoms. The first-order valence-corrected chi connectivity index (χ1v) is 7.14. The van der Waals surface area contributed by atoms with Crippen molar-refractivity contribution in [2.24, 2.45) is 5.92 Å². The molecule has 1 aromatic heterocycles. The molecule has 2 heterocycles. The summed E-state index contributed by atoms with van der Waals surface area (Å²) in [6.07, 6.45) is 2.58. The van der Waals surface area contributed by atoms with E-state index < -0.39 is 0 Å². The Labute approximate surface area is 127 Å². The Morgan fingerprint density at radius 3 is 2.95 bits per heavy atom. The van der Waals surface area contributed by atoms with Crippen LogP contribution in [0.4, 0.5) is 0 Å². The second-order valence-corrected chi connectivity index (χ2v) is 5.40. The average molecular weight is 307 g/mol. The molecule has 3 rings (SSSR count). The summed E-state index contributed by atoms with van der Waals surface area (Å²) in [5, 5.41) is 11.4. The van der Waals surface area contributed by atoms with Crippen molar-refractivity contribution in [3.63, 3.8) is 0 Å². The normalized spacial score (nSPS) is 17.9. The minimum Gasteiger partial charge on any atom is -0.381 e. The van der Waals surface area contributed by atoms with Gasteiger partial charge in [-0.15, -0.1) is 5.10 Å². The Hall–Kier alpha value is -1.92. The van der Waals surface area contributed by atoms with Gasteiger partial charge >= 0.3 is 0 Å². The van der Waals surface area contributed by atoms with Crippen molar-refractivity contribution in [1.29, 1.82) is 0 Å². The molecule has 1 saturated heterocycles. The first-order valence-electron chi connectivity index (χ1n) is 6.76. The molecule has 1 atom stereocenters. The largest absolute Gasteiger partial charge is 0.381 e. The highest BCUT2D eigenvalue weighted by Gasteiger charge is 2.18. The fourth-order valence-electron chi connectivity index (χ4n) is 2.16. The van der Waals surface area contributed by atoms with Gasteiger partial charge in [-0.1, -0.05) is 16.8 Å². The lowest BCUT2D eigenvalue weighted by Gasteiger charge is -2.07. The Balaban J connectivity index is 1.63. The summed E-state index contributed by atoms with van der Waals surface area (Å²) < 4.78 is 6.82. The molecule has 0 radical (unpaired) electrons. The lowest BCUT2D eigenvalue weighted by Crippen LogP contribution is -2.29. The maximum atomic E-state index is 12.0. The van der Waals surface area contributed by atoms with Crippen molar-refractivity contribution in [2.75, 3.05) is 19.8 Å². The summed E-state index contributed by atoms with van der Waals surface area (Å²) in [4.78, 5) is 12.0. The van der Waals surface area contributed by atoms with E-state index in [-0.39, 0.29) is 5.91 Å². The number of carbonyl (C=O) groups is 1. The molecule has 1 amide bonds. The zero-order valence-corrected chi connectivity index (χ0v) is 12.1. The van der Waals surface area contributed by atoms with Crippen molar-refractivity contribution < 1.29 is 9.53 Å². The van der Waals surface area contributed by atoms with Crippen LogP contribution in [0.25, 0.3) is 5.69 Å². The average Bonchev–Trinajstić information content (AvgIpc) is 3.17. The van der Waals surface area contributed by atoms with Crippen LogP contribution in [0.2, 0.25) is 5.02 Å². The highest BCUT2D eigenvalue weighted by molar-refractivity contribution is 6.30. The Bertz CT molecular complexity index is 620. The van der Waals surface area contributed by atoms with Crippen LogP contribution in [0.5, 0.6) is 0 Å². The minimum atomic E-state index is -0.220. The second-order valence-electron chi connectivity index (χ2n) is 4.96. The molecule has 2 aromatic rings. The molecule has 21 heavy (non-hydrogen) atoms. The molecule has 6 nitrogen and oxygen atoms in total. The fourth-order valence-corrected chi connectivity index (χ4v) is 2.29. The van der Waals surface area contributed by atoms with Crippen molar-refractivity contribution in [1.82, 2.24) is 20.3 Å². The van der Waals surface area contributed by atoms with E-state index in [9.17, 15) is 4.79 Å². The van der Waals surface area contributed by atoms with Gasteiger partial charge in [-0.25, -0.2) is 4.68 Å². The third-order valence-corrected chi connectivity index (χ3v) is 3.64. The van der Waals surface area contributed by atoms with E-state index in [0.717, 1.165) is 18.7 Å². The summed E-state index contributed by atoms with van der Waals surface area (Å²) in [5.41, 5.74) is 1.10. The van der Waals surface area contributed by atoms with E-state index in [1.54, 1.807) is 23.0 Å². The van der Waals surface area contributed by atoms with Crippen molar-refractivity contribution >= 4 is 17.5 Å². The van der Waals surface area contributed by atoms with Gasteiger partial charge in [-0.05, 0) is 30.7 Å². The van der Waals surface area contributed by atoms with Crippen LogP contribution in [0, 0.1) is 5.92 Å². The number of nitrogens with zero attached hydrogens (tertiary/aromatic N) is 3. The summed E-state index contributed by atoms with van der Waals surface area (Å²) >= 11 is 5.84.